The van der Waals surface area contributed by atoms with Gasteiger partial charge in [0.1, 0.15) is 5.82 Å². The number of piperidine rings is 1. The Morgan fingerprint density at radius 1 is 1.44 bits per heavy atom. The first-order chi connectivity index (χ1) is 8.58. The highest BCUT2D eigenvalue weighted by atomic mass is 35.5. The summed E-state index contributed by atoms with van der Waals surface area (Å²) in [6.07, 6.45) is 2.11. The van der Waals surface area contributed by atoms with Crippen molar-refractivity contribution in [2.24, 2.45) is 11.7 Å². The Labute approximate surface area is 113 Å². The average Bonchev–Trinajstić information content (AvgIpc) is 2.30. The van der Waals surface area contributed by atoms with Crippen molar-refractivity contribution in [3.8, 4) is 0 Å². The molecule has 1 aromatic carbocycles. The van der Waals surface area contributed by atoms with Gasteiger partial charge in [0.15, 0.2) is 0 Å². The summed E-state index contributed by atoms with van der Waals surface area (Å²) >= 11 is 5.87. The lowest BCUT2D eigenvalue weighted by Gasteiger charge is -2.36. The molecule has 1 aliphatic rings. The molecule has 2 unspecified atom stereocenters. The van der Waals surface area contributed by atoms with Crippen LogP contribution in [0.3, 0.4) is 0 Å². The van der Waals surface area contributed by atoms with Gasteiger partial charge < -0.3 is 5.73 Å². The van der Waals surface area contributed by atoms with Gasteiger partial charge >= 0.3 is 0 Å². The van der Waals surface area contributed by atoms with E-state index in [1.54, 1.807) is 6.07 Å². The largest absolute Gasteiger partial charge is 0.327 e. The maximum Gasteiger partial charge on any atom is 0.125 e. The van der Waals surface area contributed by atoms with Crippen LogP contribution in [-0.2, 0) is 6.54 Å². The molecule has 2 nitrogen and oxygen atoms in total. The summed E-state index contributed by atoms with van der Waals surface area (Å²) in [5.74, 6) is 0.279. The molecule has 1 aromatic rings. The average molecular weight is 271 g/mol. The molecular formula is C14H20ClFN2. The fraction of sp³-hybridized carbons (Fsp3) is 0.571. The number of benzene rings is 1. The summed E-state index contributed by atoms with van der Waals surface area (Å²) in [5, 5.41) is 0.464. The molecule has 4 heteroatoms. The van der Waals surface area contributed by atoms with Crippen LogP contribution in [0.2, 0.25) is 5.02 Å². The van der Waals surface area contributed by atoms with E-state index in [1.807, 2.05) is 6.07 Å². The van der Waals surface area contributed by atoms with Crippen molar-refractivity contribution < 1.29 is 4.39 Å². The van der Waals surface area contributed by atoms with Gasteiger partial charge in [-0.2, -0.15) is 0 Å². The number of hydrogen-bond donors (Lipinski definition) is 1. The van der Waals surface area contributed by atoms with E-state index in [0.717, 1.165) is 38.0 Å². The van der Waals surface area contributed by atoms with Crippen LogP contribution >= 0.6 is 11.6 Å². The zero-order chi connectivity index (χ0) is 13.1. The number of nitrogens with zero attached hydrogens (tertiary/aromatic N) is 1. The zero-order valence-corrected chi connectivity index (χ0v) is 11.5. The minimum atomic E-state index is -0.266. The Bertz CT molecular complexity index is 391. The van der Waals surface area contributed by atoms with Crippen molar-refractivity contribution in [2.45, 2.75) is 32.4 Å². The third kappa shape index (κ3) is 3.44. The molecular weight excluding hydrogens is 251 g/mol. The van der Waals surface area contributed by atoms with Crippen molar-refractivity contribution >= 4 is 11.6 Å². The number of halogens is 2. The fourth-order valence-electron chi connectivity index (χ4n) is 2.66. The van der Waals surface area contributed by atoms with Gasteiger partial charge in [0.25, 0.3) is 0 Å². The van der Waals surface area contributed by atoms with Crippen molar-refractivity contribution in [1.82, 2.24) is 4.90 Å². The zero-order valence-electron chi connectivity index (χ0n) is 10.7. The van der Waals surface area contributed by atoms with Crippen LogP contribution in [0.25, 0.3) is 0 Å². The molecule has 1 aliphatic heterocycles. The Hall–Kier alpha value is -0.640. The summed E-state index contributed by atoms with van der Waals surface area (Å²) in [5.41, 5.74) is 7.02. The quantitative estimate of drug-likeness (QED) is 0.915. The van der Waals surface area contributed by atoms with Crippen molar-refractivity contribution in [3.63, 3.8) is 0 Å². The lowest BCUT2D eigenvalue weighted by atomic mass is 9.90. The molecule has 0 spiro atoms. The predicted octanol–water partition coefficient (Wildman–Crippen LogP) is 3.04. The van der Waals surface area contributed by atoms with Gasteiger partial charge in [-0.1, -0.05) is 24.9 Å². The number of rotatable bonds is 3. The molecule has 2 N–H and O–H groups in total. The molecule has 0 aliphatic carbocycles. The molecule has 0 amide bonds. The Balaban J connectivity index is 2.01. The molecule has 0 radical (unpaired) electrons. The molecule has 0 aromatic heterocycles. The molecule has 2 atom stereocenters. The van der Waals surface area contributed by atoms with Crippen LogP contribution < -0.4 is 5.73 Å². The van der Waals surface area contributed by atoms with Crippen LogP contribution in [0, 0.1) is 11.7 Å². The van der Waals surface area contributed by atoms with Gasteiger partial charge in [-0.05, 0) is 42.6 Å². The summed E-state index contributed by atoms with van der Waals surface area (Å²) < 4.78 is 13.3. The lowest BCUT2D eigenvalue weighted by molar-refractivity contribution is 0.145. The monoisotopic (exact) mass is 270 g/mol. The normalized spacial score (nSPS) is 25.3. The number of hydrogen-bond acceptors (Lipinski definition) is 2. The Kier molecular flexibility index (Phi) is 4.60. The van der Waals surface area contributed by atoms with Crippen molar-refractivity contribution in [3.05, 3.63) is 34.6 Å². The second-order valence-electron chi connectivity index (χ2n) is 5.13. The second-order valence-corrected chi connectivity index (χ2v) is 5.57. The maximum absolute atomic E-state index is 13.3. The highest BCUT2D eigenvalue weighted by Gasteiger charge is 2.25. The van der Waals surface area contributed by atoms with Gasteiger partial charge in [0.05, 0.1) is 0 Å². The summed E-state index contributed by atoms with van der Waals surface area (Å²) in [6, 6.07) is 5.04. The van der Waals surface area contributed by atoms with Gasteiger partial charge in [0.2, 0.25) is 0 Å². The number of likely N-dealkylation sites (tertiary alicyclic amines) is 1. The van der Waals surface area contributed by atoms with E-state index >= 15 is 0 Å². The van der Waals surface area contributed by atoms with Crippen LogP contribution in [-0.4, -0.2) is 24.0 Å². The SMILES string of the molecule is CCC1CN(Cc2cc(F)cc(Cl)c2)CCC1N. The smallest absolute Gasteiger partial charge is 0.125 e. The summed E-state index contributed by atoms with van der Waals surface area (Å²) in [7, 11) is 0. The third-order valence-corrected chi connectivity index (χ3v) is 3.95. The highest BCUT2D eigenvalue weighted by molar-refractivity contribution is 6.30. The Morgan fingerprint density at radius 3 is 2.89 bits per heavy atom. The van der Waals surface area contributed by atoms with E-state index in [1.165, 1.54) is 6.07 Å². The van der Waals surface area contributed by atoms with Crippen LogP contribution in [0.4, 0.5) is 4.39 Å². The molecule has 1 fully saturated rings. The molecule has 1 saturated heterocycles. The van der Waals surface area contributed by atoms with Crippen molar-refractivity contribution in [2.75, 3.05) is 13.1 Å². The topological polar surface area (TPSA) is 29.3 Å². The first-order valence-corrected chi connectivity index (χ1v) is 6.89. The standard InChI is InChI=1S/C14H20ClFN2/c1-2-11-9-18(4-3-14(11)17)8-10-5-12(15)7-13(16)6-10/h5-7,11,14H,2-4,8-9,17H2,1H3. The third-order valence-electron chi connectivity index (χ3n) is 3.73. The van der Waals surface area contributed by atoms with E-state index in [2.05, 4.69) is 11.8 Å². The predicted molar refractivity (Wildman–Crippen MR) is 73.1 cm³/mol. The van der Waals surface area contributed by atoms with Crippen LogP contribution in [0.1, 0.15) is 25.3 Å². The van der Waals surface area contributed by atoms with Gasteiger partial charge in [-0.25, -0.2) is 4.39 Å². The van der Waals surface area contributed by atoms with E-state index in [9.17, 15) is 4.39 Å². The molecule has 0 saturated carbocycles. The van der Waals surface area contributed by atoms with Crippen LogP contribution in [0.5, 0.6) is 0 Å². The summed E-state index contributed by atoms with van der Waals surface area (Å²) in [4.78, 5) is 2.34. The van der Waals surface area contributed by atoms with E-state index in [0.29, 0.717) is 17.0 Å². The molecule has 100 valence electrons. The molecule has 0 bridgehead atoms. The van der Waals surface area contributed by atoms with Gasteiger partial charge in [-0.3, -0.25) is 4.90 Å². The number of nitrogens with two attached hydrogens (primary N) is 1. The second kappa shape index (κ2) is 6.00. The molecule has 2 rings (SSSR count). The lowest BCUT2D eigenvalue weighted by Crippen LogP contribution is -2.46. The summed E-state index contributed by atoms with van der Waals surface area (Å²) in [6.45, 7) is 4.89. The van der Waals surface area contributed by atoms with E-state index in [4.69, 9.17) is 17.3 Å². The minimum Gasteiger partial charge on any atom is -0.327 e. The molecule has 1 heterocycles. The van der Waals surface area contributed by atoms with Gasteiger partial charge in [0, 0.05) is 24.2 Å². The van der Waals surface area contributed by atoms with E-state index < -0.39 is 0 Å². The molecule has 18 heavy (non-hydrogen) atoms. The minimum absolute atomic E-state index is 0.266. The van der Waals surface area contributed by atoms with Crippen LogP contribution in [0.15, 0.2) is 18.2 Å². The maximum atomic E-state index is 13.3. The fourth-order valence-corrected chi connectivity index (χ4v) is 2.91. The van der Waals surface area contributed by atoms with Gasteiger partial charge in [-0.15, -0.1) is 0 Å². The first-order valence-electron chi connectivity index (χ1n) is 6.51. The highest BCUT2D eigenvalue weighted by Crippen LogP contribution is 2.22. The Morgan fingerprint density at radius 2 is 2.22 bits per heavy atom. The van der Waals surface area contributed by atoms with E-state index in [-0.39, 0.29) is 5.82 Å². The first kappa shape index (κ1) is 13.8. The van der Waals surface area contributed by atoms with Crippen molar-refractivity contribution in [1.29, 1.82) is 0 Å².